The second kappa shape index (κ2) is 8.32. The zero-order valence-corrected chi connectivity index (χ0v) is 18.0. The molecule has 1 aliphatic rings. The van der Waals surface area contributed by atoms with E-state index in [1.165, 1.54) is 5.56 Å². The van der Waals surface area contributed by atoms with Crippen LogP contribution in [0.3, 0.4) is 0 Å². The molecule has 0 spiro atoms. The first-order valence-electron chi connectivity index (χ1n) is 10.2. The van der Waals surface area contributed by atoms with Crippen LogP contribution in [-0.4, -0.2) is 20.7 Å². The first kappa shape index (κ1) is 20.0. The number of benzene rings is 3. The van der Waals surface area contributed by atoms with Crippen LogP contribution in [0, 0.1) is 6.92 Å². The van der Waals surface area contributed by atoms with E-state index in [-0.39, 0.29) is 17.9 Å². The highest BCUT2D eigenvalue weighted by Crippen LogP contribution is 2.36. The van der Waals surface area contributed by atoms with Crippen LogP contribution >= 0.6 is 11.6 Å². The SMILES string of the molecule is Cc1ccc(C2=CC(c3ccccc3Cl)n3nc(NC(=O)c4ccccc4)nc3N2)cc1. The Hall–Kier alpha value is -3.90. The fourth-order valence-electron chi connectivity index (χ4n) is 3.65. The molecule has 5 rings (SSSR count). The maximum absolute atomic E-state index is 12.6. The summed E-state index contributed by atoms with van der Waals surface area (Å²) in [7, 11) is 0. The summed E-state index contributed by atoms with van der Waals surface area (Å²) < 4.78 is 1.74. The molecule has 1 aliphatic heterocycles. The van der Waals surface area contributed by atoms with Crippen molar-refractivity contribution in [3.8, 4) is 0 Å². The van der Waals surface area contributed by atoms with Crippen molar-refractivity contribution >= 4 is 35.1 Å². The second-order valence-electron chi connectivity index (χ2n) is 7.56. The summed E-state index contributed by atoms with van der Waals surface area (Å²) in [4.78, 5) is 17.1. The van der Waals surface area contributed by atoms with E-state index in [1.54, 1.807) is 16.8 Å². The normalized spacial score (nSPS) is 14.8. The molecule has 4 aromatic rings. The van der Waals surface area contributed by atoms with Crippen molar-refractivity contribution in [1.82, 2.24) is 14.8 Å². The molecule has 6 nitrogen and oxygen atoms in total. The number of hydrogen-bond donors (Lipinski definition) is 2. The number of nitrogens with one attached hydrogen (secondary N) is 2. The third-order valence-electron chi connectivity index (χ3n) is 5.31. The van der Waals surface area contributed by atoms with Crippen LogP contribution in [0.2, 0.25) is 5.02 Å². The van der Waals surface area contributed by atoms with E-state index in [0.717, 1.165) is 16.8 Å². The van der Waals surface area contributed by atoms with Crippen LogP contribution in [0.4, 0.5) is 11.9 Å². The molecular weight excluding hydrogens is 422 g/mol. The van der Waals surface area contributed by atoms with Crippen LogP contribution < -0.4 is 10.6 Å². The highest BCUT2D eigenvalue weighted by Gasteiger charge is 2.27. The molecule has 0 bridgehead atoms. The van der Waals surface area contributed by atoms with Gasteiger partial charge in [0, 0.05) is 16.3 Å². The molecule has 7 heteroatoms. The van der Waals surface area contributed by atoms with Gasteiger partial charge in [-0.2, -0.15) is 4.98 Å². The molecule has 1 amide bonds. The lowest BCUT2D eigenvalue weighted by Gasteiger charge is -2.25. The lowest BCUT2D eigenvalue weighted by molar-refractivity contribution is 0.102. The molecule has 0 radical (unpaired) electrons. The fraction of sp³-hybridized carbons (Fsp3) is 0.0800. The second-order valence-corrected chi connectivity index (χ2v) is 7.97. The Morgan fingerprint density at radius 1 is 1.00 bits per heavy atom. The van der Waals surface area contributed by atoms with Crippen LogP contribution in [0.1, 0.15) is 33.1 Å². The summed E-state index contributed by atoms with van der Waals surface area (Å²) in [6.07, 6.45) is 2.07. The van der Waals surface area contributed by atoms with Crippen molar-refractivity contribution in [2.45, 2.75) is 13.0 Å². The number of allylic oxidation sites excluding steroid dienone is 1. The van der Waals surface area contributed by atoms with Crippen molar-refractivity contribution < 1.29 is 4.79 Å². The van der Waals surface area contributed by atoms with Gasteiger partial charge >= 0.3 is 0 Å². The topological polar surface area (TPSA) is 71.8 Å². The molecule has 0 saturated carbocycles. The Morgan fingerprint density at radius 3 is 2.47 bits per heavy atom. The number of rotatable bonds is 4. The smallest absolute Gasteiger partial charge is 0.258 e. The van der Waals surface area contributed by atoms with E-state index in [4.69, 9.17) is 11.6 Å². The number of nitrogens with zero attached hydrogens (tertiary/aromatic N) is 3. The van der Waals surface area contributed by atoms with Gasteiger partial charge in [0.05, 0.1) is 0 Å². The van der Waals surface area contributed by atoms with Crippen molar-refractivity contribution in [1.29, 1.82) is 0 Å². The molecule has 158 valence electrons. The minimum Gasteiger partial charge on any atom is -0.324 e. The number of halogens is 1. The molecule has 2 heterocycles. The third-order valence-corrected chi connectivity index (χ3v) is 5.66. The number of fused-ring (bicyclic) bond motifs is 1. The Bertz CT molecular complexity index is 1310. The first-order chi connectivity index (χ1) is 15.6. The molecule has 3 aromatic carbocycles. The van der Waals surface area contributed by atoms with Crippen LogP contribution in [0.15, 0.2) is 84.9 Å². The van der Waals surface area contributed by atoms with Gasteiger partial charge < -0.3 is 5.32 Å². The number of aryl methyl sites for hydroxylation is 1. The third kappa shape index (κ3) is 3.88. The summed E-state index contributed by atoms with van der Waals surface area (Å²) in [6, 6.07) is 24.6. The number of anilines is 2. The molecule has 32 heavy (non-hydrogen) atoms. The van der Waals surface area contributed by atoms with Crippen molar-refractivity contribution in [3.63, 3.8) is 0 Å². The summed E-state index contributed by atoms with van der Waals surface area (Å²) >= 11 is 6.53. The van der Waals surface area contributed by atoms with Gasteiger partial charge in [0.1, 0.15) is 6.04 Å². The molecule has 2 N–H and O–H groups in total. The van der Waals surface area contributed by atoms with E-state index in [9.17, 15) is 4.79 Å². The van der Waals surface area contributed by atoms with Crippen LogP contribution in [0.5, 0.6) is 0 Å². The van der Waals surface area contributed by atoms with Gasteiger partial charge in [-0.15, -0.1) is 5.10 Å². The molecule has 0 saturated heterocycles. The monoisotopic (exact) mass is 441 g/mol. The molecule has 1 unspecified atom stereocenters. The summed E-state index contributed by atoms with van der Waals surface area (Å²) in [5.41, 5.74) is 4.54. The maximum atomic E-state index is 12.6. The highest BCUT2D eigenvalue weighted by molar-refractivity contribution is 6.31. The largest absolute Gasteiger partial charge is 0.324 e. The minimum absolute atomic E-state index is 0.219. The average molecular weight is 442 g/mol. The predicted octanol–water partition coefficient (Wildman–Crippen LogP) is 5.55. The summed E-state index contributed by atoms with van der Waals surface area (Å²) in [6.45, 7) is 2.05. The van der Waals surface area contributed by atoms with Crippen LogP contribution in [0.25, 0.3) is 5.70 Å². The molecular formula is C25H20ClN5O. The quantitative estimate of drug-likeness (QED) is 0.435. The highest BCUT2D eigenvalue weighted by atomic mass is 35.5. The van der Waals surface area contributed by atoms with Crippen molar-refractivity contribution in [2.75, 3.05) is 10.6 Å². The van der Waals surface area contributed by atoms with Crippen LogP contribution in [-0.2, 0) is 0 Å². The number of amides is 1. The van der Waals surface area contributed by atoms with E-state index in [2.05, 4.69) is 58.0 Å². The molecule has 1 aromatic heterocycles. The number of aromatic nitrogens is 3. The molecule has 0 aliphatic carbocycles. The number of carbonyl (C=O) groups is 1. The Balaban J connectivity index is 1.53. The van der Waals surface area contributed by atoms with Gasteiger partial charge in [-0.05, 0) is 42.3 Å². The average Bonchev–Trinajstić information content (AvgIpc) is 3.22. The zero-order valence-electron chi connectivity index (χ0n) is 17.3. The zero-order chi connectivity index (χ0) is 22.1. The van der Waals surface area contributed by atoms with E-state index < -0.39 is 0 Å². The lowest BCUT2D eigenvalue weighted by Crippen LogP contribution is -2.20. The van der Waals surface area contributed by atoms with Gasteiger partial charge in [0.2, 0.25) is 5.95 Å². The Kier molecular flexibility index (Phi) is 5.21. The minimum atomic E-state index is -0.286. The summed E-state index contributed by atoms with van der Waals surface area (Å²) in [5.74, 6) is 0.475. The standard InChI is InChI=1S/C25H20ClN5O/c1-16-11-13-17(14-12-16)21-15-22(19-9-5-6-10-20(19)26)31-25(27-21)29-24(30-31)28-23(32)18-7-3-2-4-8-18/h2-15,22H,1H3,(H2,27,28,29,30,32). The molecule has 1 atom stereocenters. The van der Waals surface area contributed by atoms with Gasteiger partial charge in [-0.25, -0.2) is 4.68 Å². The van der Waals surface area contributed by atoms with Crippen molar-refractivity contribution in [3.05, 3.63) is 112 Å². The van der Waals surface area contributed by atoms with E-state index in [1.807, 2.05) is 42.5 Å². The predicted molar refractivity (Wildman–Crippen MR) is 127 cm³/mol. The fourth-order valence-corrected chi connectivity index (χ4v) is 3.89. The number of hydrogen-bond acceptors (Lipinski definition) is 4. The first-order valence-corrected chi connectivity index (χ1v) is 10.6. The Labute approximate surface area is 190 Å². The molecule has 0 fully saturated rings. The van der Waals surface area contributed by atoms with Gasteiger partial charge in [-0.3, -0.25) is 10.1 Å². The van der Waals surface area contributed by atoms with Gasteiger partial charge in [0.15, 0.2) is 0 Å². The van der Waals surface area contributed by atoms with Gasteiger partial charge in [-0.1, -0.05) is 77.8 Å². The van der Waals surface area contributed by atoms with Gasteiger partial charge in [0.25, 0.3) is 11.9 Å². The van der Waals surface area contributed by atoms with E-state index in [0.29, 0.717) is 16.5 Å². The lowest BCUT2D eigenvalue weighted by atomic mass is 10.0. The number of carbonyl (C=O) groups excluding carboxylic acids is 1. The summed E-state index contributed by atoms with van der Waals surface area (Å²) in [5, 5.41) is 11.3. The Morgan fingerprint density at radius 2 is 1.72 bits per heavy atom. The van der Waals surface area contributed by atoms with E-state index >= 15 is 0 Å². The maximum Gasteiger partial charge on any atom is 0.258 e. The van der Waals surface area contributed by atoms with Crippen molar-refractivity contribution in [2.24, 2.45) is 0 Å².